The van der Waals surface area contributed by atoms with Gasteiger partial charge in [-0.2, -0.15) is 0 Å². The van der Waals surface area contributed by atoms with Gasteiger partial charge in [0, 0.05) is 20.1 Å². The summed E-state index contributed by atoms with van der Waals surface area (Å²) in [5.74, 6) is -1.34. The molecule has 3 amide bonds. The minimum absolute atomic E-state index is 0.0417. The van der Waals surface area contributed by atoms with Crippen LogP contribution in [0.5, 0.6) is 0 Å². The maximum Gasteiger partial charge on any atom is 0.328 e. The zero-order chi connectivity index (χ0) is 15.3. The average Bonchev–Trinajstić information content (AvgIpc) is 2.45. The van der Waals surface area contributed by atoms with Crippen molar-refractivity contribution in [1.82, 2.24) is 15.1 Å². The third-order valence-corrected chi connectivity index (χ3v) is 3.24. The van der Waals surface area contributed by atoms with Crippen molar-refractivity contribution in [1.29, 1.82) is 0 Å². The summed E-state index contributed by atoms with van der Waals surface area (Å²) in [7, 11) is 1.64. The van der Waals surface area contributed by atoms with E-state index < -0.39 is 24.1 Å². The van der Waals surface area contributed by atoms with Crippen molar-refractivity contribution in [3.05, 3.63) is 0 Å². The van der Waals surface area contributed by atoms with Crippen molar-refractivity contribution in [2.75, 3.05) is 33.4 Å². The van der Waals surface area contributed by atoms with Crippen LogP contribution in [-0.2, 0) is 14.3 Å². The Morgan fingerprint density at radius 1 is 1.50 bits per heavy atom. The Morgan fingerprint density at radius 3 is 2.70 bits per heavy atom. The lowest BCUT2D eigenvalue weighted by molar-refractivity contribution is -0.147. The third kappa shape index (κ3) is 3.83. The number of hydrogen-bond acceptors (Lipinski definition) is 4. The molecule has 1 aliphatic heterocycles. The summed E-state index contributed by atoms with van der Waals surface area (Å²) < 4.78 is 5.05. The van der Waals surface area contributed by atoms with Gasteiger partial charge in [-0.05, 0) is 13.8 Å². The maximum atomic E-state index is 12.1. The van der Waals surface area contributed by atoms with Gasteiger partial charge < -0.3 is 25.0 Å². The number of hydrogen-bond donors (Lipinski definition) is 2. The average molecular weight is 287 g/mol. The first kappa shape index (κ1) is 16.2. The van der Waals surface area contributed by atoms with Crippen molar-refractivity contribution >= 4 is 17.9 Å². The van der Waals surface area contributed by atoms with Crippen LogP contribution in [0.3, 0.4) is 0 Å². The first-order valence-corrected chi connectivity index (χ1v) is 6.51. The predicted octanol–water partition coefficient (Wildman–Crippen LogP) is -0.652. The fraction of sp³-hybridized carbons (Fsp3) is 0.750. The minimum atomic E-state index is -1.12. The van der Waals surface area contributed by atoms with E-state index in [0.29, 0.717) is 6.54 Å². The minimum Gasteiger partial charge on any atom is -0.480 e. The van der Waals surface area contributed by atoms with Crippen LogP contribution in [0.25, 0.3) is 0 Å². The van der Waals surface area contributed by atoms with Gasteiger partial charge in [-0.1, -0.05) is 0 Å². The number of amides is 3. The number of nitrogens with one attached hydrogen (secondary N) is 1. The zero-order valence-electron chi connectivity index (χ0n) is 12.0. The van der Waals surface area contributed by atoms with Crippen LogP contribution in [0.2, 0.25) is 0 Å². The molecule has 0 aromatic heterocycles. The molecule has 1 saturated heterocycles. The highest BCUT2D eigenvalue weighted by atomic mass is 16.5. The van der Waals surface area contributed by atoms with E-state index in [1.54, 1.807) is 14.0 Å². The normalized spacial score (nSPS) is 20.1. The Labute approximate surface area is 117 Å². The van der Waals surface area contributed by atoms with E-state index >= 15 is 0 Å². The number of morpholine rings is 1. The molecule has 8 nitrogen and oxygen atoms in total. The van der Waals surface area contributed by atoms with Crippen molar-refractivity contribution in [3.63, 3.8) is 0 Å². The second-order valence-electron chi connectivity index (χ2n) is 4.65. The molecule has 2 atom stereocenters. The number of aliphatic carboxylic acids is 1. The Hall–Kier alpha value is -1.83. The quantitative estimate of drug-likeness (QED) is 0.715. The Balaban J connectivity index is 2.64. The topological polar surface area (TPSA) is 99.2 Å². The van der Waals surface area contributed by atoms with Crippen molar-refractivity contribution in [2.24, 2.45) is 0 Å². The number of likely N-dealkylation sites (N-methyl/N-ethyl adjacent to an activating group) is 1. The summed E-state index contributed by atoms with van der Waals surface area (Å²) in [5.41, 5.74) is 0. The molecule has 0 aliphatic carbocycles. The molecular weight excluding hydrogens is 266 g/mol. The molecule has 0 aromatic rings. The number of nitrogens with zero attached hydrogens (tertiary/aromatic N) is 2. The van der Waals surface area contributed by atoms with E-state index in [1.807, 2.05) is 6.92 Å². The van der Waals surface area contributed by atoms with Gasteiger partial charge in [0.1, 0.15) is 6.04 Å². The van der Waals surface area contributed by atoms with Gasteiger partial charge >= 0.3 is 12.0 Å². The van der Waals surface area contributed by atoms with E-state index in [9.17, 15) is 14.4 Å². The number of urea groups is 1. The van der Waals surface area contributed by atoms with Gasteiger partial charge in [-0.25, -0.2) is 9.59 Å². The summed E-state index contributed by atoms with van der Waals surface area (Å²) in [6.07, 6.45) is 0. The Morgan fingerprint density at radius 2 is 2.15 bits per heavy atom. The van der Waals surface area contributed by atoms with Crippen molar-refractivity contribution in [2.45, 2.75) is 25.9 Å². The lowest BCUT2D eigenvalue weighted by Crippen LogP contribution is -2.58. The molecule has 0 bridgehead atoms. The molecule has 0 aromatic carbocycles. The molecule has 1 rings (SSSR count). The van der Waals surface area contributed by atoms with Crippen molar-refractivity contribution in [3.8, 4) is 0 Å². The van der Waals surface area contributed by atoms with E-state index in [2.05, 4.69) is 5.32 Å². The molecule has 114 valence electrons. The van der Waals surface area contributed by atoms with Gasteiger partial charge in [0.25, 0.3) is 0 Å². The Kier molecular flexibility index (Phi) is 5.75. The Bertz CT molecular complexity index is 387. The smallest absolute Gasteiger partial charge is 0.328 e. The van der Waals surface area contributed by atoms with Crippen LogP contribution < -0.4 is 5.32 Å². The summed E-state index contributed by atoms with van der Waals surface area (Å²) in [5, 5.41) is 11.6. The SMILES string of the molecule is CCN(C)C(=O)C(C)NC(=O)N1CCOCC1C(=O)O. The summed E-state index contributed by atoms with van der Waals surface area (Å²) in [6, 6.07) is -2.29. The highest BCUT2D eigenvalue weighted by molar-refractivity contribution is 5.88. The molecule has 0 saturated carbocycles. The molecular formula is C12H21N3O5. The maximum absolute atomic E-state index is 12.1. The van der Waals surface area contributed by atoms with Gasteiger partial charge in [0.2, 0.25) is 5.91 Å². The van der Waals surface area contributed by atoms with E-state index in [4.69, 9.17) is 9.84 Å². The van der Waals surface area contributed by atoms with E-state index in [0.717, 1.165) is 0 Å². The number of carbonyl (C=O) groups excluding carboxylic acids is 2. The van der Waals surface area contributed by atoms with Gasteiger partial charge in [-0.15, -0.1) is 0 Å². The van der Waals surface area contributed by atoms with Gasteiger partial charge in [0.05, 0.1) is 13.2 Å². The largest absolute Gasteiger partial charge is 0.480 e. The lowest BCUT2D eigenvalue weighted by atomic mass is 10.2. The van der Waals surface area contributed by atoms with Crippen LogP contribution >= 0.6 is 0 Å². The monoisotopic (exact) mass is 287 g/mol. The van der Waals surface area contributed by atoms with Gasteiger partial charge in [-0.3, -0.25) is 4.79 Å². The van der Waals surface area contributed by atoms with Gasteiger partial charge in [0.15, 0.2) is 6.04 Å². The van der Waals surface area contributed by atoms with Crippen molar-refractivity contribution < 1.29 is 24.2 Å². The second-order valence-corrected chi connectivity index (χ2v) is 4.65. The number of carboxylic acids is 1. The van der Waals surface area contributed by atoms with Crippen LogP contribution in [-0.4, -0.2) is 78.2 Å². The summed E-state index contributed by atoms with van der Waals surface area (Å²) in [6.45, 7) is 4.37. The van der Waals surface area contributed by atoms with E-state index in [1.165, 1.54) is 9.80 Å². The molecule has 0 radical (unpaired) electrons. The van der Waals surface area contributed by atoms with E-state index in [-0.39, 0.29) is 25.7 Å². The molecule has 2 unspecified atom stereocenters. The fourth-order valence-electron chi connectivity index (χ4n) is 1.87. The van der Waals surface area contributed by atoms with Crippen LogP contribution in [0.15, 0.2) is 0 Å². The highest BCUT2D eigenvalue weighted by Crippen LogP contribution is 2.08. The lowest BCUT2D eigenvalue weighted by Gasteiger charge is -2.33. The third-order valence-electron chi connectivity index (χ3n) is 3.24. The number of carboxylic acid groups (broad SMARTS) is 1. The summed E-state index contributed by atoms with van der Waals surface area (Å²) in [4.78, 5) is 37.7. The van der Waals surface area contributed by atoms with Crippen LogP contribution in [0, 0.1) is 0 Å². The number of rotatable bonds is 4. The molecule has 20 heavy (non-hydrogen) atoms. The molecule has 1 aliphatic rings. The van der Waals surface area contributed by atoms with Crippen LogP contribution in [0.4, 0.5) is 4.79 Å². The number of carbonyl (C=O) groups is 3. The molecule has 0 spiro atoms. The molecule has 8 heteroatoms. The summed E-state index contributed by atoms with van der Waals surface area (Å²) >= 11 is 0. The fourth-order valence-corrected chi connectivity index (χ4v) is 1.87. The standard InChI is InChI=1S/C12H21N3O5/c1-4-14(3)10(16)8(2)13-12(19)15-5-6-20-7-9(15)11(17)18/h8-9H,4-7H2,1-3H3,(H,13,19)(H,17,18). The van der Waals surface area contributed by atoms with Crippen LogP contribution in [0.1, 0.15) is 13.8 Å². The first-order chi connectivity index (χ1) is 9.38. The first-order valence-electron chi connectivity index (χ1n) is 6.51. The molecule has 2 N–H and O–H groups in total. The zero-order valence-corrected chi connectivity index (χ0v) is 12.0. The predicted molar refractivity (Wildman–Crippen MR) is 70.3 cm³/mol. The highest BCUT2D eigenvalue weighted by Gasteiger charge is 2.34. The second kappa shape index (κ2) is 7.09. The molecule has 1 fully saturated rings. The molecule has 1 heterocycles. The number of ether oxygens (including phenoxy) is 1.